The number of rotatable bonds is 4. The summed E-state index contributed by atoms with van der Waals surface area (Å²) in [5, 5.41) is 17.7. The number of hydrogen-bond donors (Lipinski definition) is 3. The number of fused-ring (bicyclic) bond motifs is 1. The summed E-state index contributed by atoms with van der Waals surface area (Å²) in [6, 6.07) is 5.19. The van der Waals surface area contributed by atoms with Crippen molar-refractivity contribution in [2.24, 2.45) is 0 Å². The van der Waals surface area contributed by atoms with Crippen LogP contribution in [0.4, 0.5) is 15.6 Å². The van der Waals surface area contributed by atoms with Gasteiger partial charge >= 0.3 is 6.03 Å². The number of amides is 3. The number of benzene rings is 1. The fraction of sp³-hybridized carbons (Fsp3) is 0.375. The molecule has 8 heteroatoms. The van der Waals surface area contributed by atoms with Crippen LogP contribution in [0.1, 0.15) is 48.9 Å². The minimum atomic E-state index is -0.330. The van der Waals surface area contributed by atoms with Crippen LogP contribution in [-0.4, -0.2) is 22.1 Å². The summed E-state index contributed by atoms with van der Waals surface area (Å²) < 4.78 is 0. The lowest BCUT2D eigenvalue weighted by Gasteiger charge is -2.15. The normalized spacial score (nSPS) is 14.2. The molecule has 1 aliphatic rings. The monoisotopic (exact) mass is 345 g/mol. The lowest BCUT2D eigenvalue weighted by molar-refractivity contribution is -0.115. The van der Waals surface area contributed by atoms with Crippen molar-refractivity contribution in [3.05, 3.63) is 34.3 Å². The van der Waals surface area contributed by atoms with Crippen LogP contribution in [0.25, 0.3) is 0 Å². The van der Waals surface area contributed by atoms with Gasteiger partial charge in [-0.15, -0.1) is 10.2 Å². The van der Waals surface area contributed by atoms with E-state index in [9.17, 15) is 9.59 Å². The summed E-state index contributed by atoms with van der Waals surface area (Å²) in [7, 11) is 0. The Morgan fingerprint density at radius 1 is 1.29 bits per heavy atom. The van der Waals surface area contributed by atoms with Gasteiger partial charge in [-0.05, 0) is 24.1 Å². The molecule has 1 atom stereocenters. The van der Waals surface area contributed by atoms with Gasteiger partial charge in [-0.1, -0.05) is 37.3 Å². The van der Waals surface area contributed by atoms with Gasteiger partial charge in [-0.25, -0.2) is 4.79 Å². The van der Waals surface area contributed by atoms with Crippen LogP contribution in [0.3, 0.4) is 0 Å². The van der Waals surface area contributed by atoms with Crippen LogP contribution in [0.5, 0.6) is 0 Å². The molecular formula is C16H19N5O2S. The van der Waals surface area contributed by atoms with E-state index in [-0.39, 0.29) is 23.9 Å². The van der Waals surface area contributed by atoms with Gasteiger partial charge in [-0.2, -0.15) is 0 Å². The average Bonchev–Trinajstić information content (AvgIpc) is 3.11. The third-order valence-electron chi connectivity index (χ3n) is 3.76. The van der Waals surface area contributed by atoms with Gasteiger partial charge in [0.15, 0.2) is 0 Å². The van der Waals surface area contributed by atoms with Crippen molar-refractivity contribution >= 4 is 34.1 Å². The van der Waals surface area contributed by atoms with Crippen molar-refractivity contribution in [3.63, 3.8) is 0 Å². The molecule has 0 aliphatic carbocycles. The molecule has 24 heavy (non-hydrogen) atoms. The first-order chi connectivity index (χ1) is 11.4. The van der Waals surface area contributed by atoms with E-state index in [1.54, 1.807) is 0 Å². The number of nitrogens with one attached hydrogen (secondary N) is 3. The molecule has 0 spiro atoms. The third kappa shape index (κ3) is 3.53. The standard InChI is InChI=1S/C16H19N5O2S/c1-8(2)14-20-21-16(24-14)19-15(23)17-9(3)10-4-5-12-11(6-10)7-13(22)18-12/h4-6,8-9H,7H2,1-3H3,(H,18,22)(H2,17,19,21,23). The molecule has 0 bridgehead atoms. The molecule has 3 rings (SSSR count). The summed E-state index contributed by atoms with van der Waals surface area (Å²) in [5.74, 6) is 0.278. The summed E-state index contributed by atoms with van der Waals surface area (Å²) in [4.78, 5) is 23.5. The van der Waals surface area contributed by atoms with Crippen LogP contribution < -0.4 is 16.0 Å². The first-order valence-corrected chi connectivity index (χ1v) is 8.57. The van der Waals surface area contributed by atoms with Gasteiger partial charge in [0.25, 0.3) is 0 Å². The van der Waals surface area contributed by atoms with Crippen molar-refractivity contribution in [2.75, 3.05) is 10.6 Å². The SMILES string of the molecule is CC(C)c1nnc(NC(=O)NC(C)c2ccc3c(c2)CC(=O)N3)s1. The highest BCUT2D eigenvalue weighted by Crippen LogP contribution is 2.26. The second-order valence-corrected chi connectivity index (χ2v) is 7.07. The fourth-order valence-electron chi connectivity index (χ4n) is 2.45. The number of aromatic nitrogens is 2. The zero-order valence-corrected chi connectivity index (χ0v) is 14.5. The van der Waals surface area contributed by atoms with Crippen LogP contribution in [0, 0.1) is 0 Å². The molecule has 1 aromatic carbocycles. The molecule has 2 heterocycles. The Kier molecular flexibility index (Phi) is 4.48. The average molecular weight is 345 g/mol. The lowest BCUT2D eigenvalue weighted by Crippen LogP contribution is -2.31. The highest BCUT2D eigenvalue weighted by Gasteiger charge is 2.19. The van der Waals surface area contributed by atoms with Crippen molar-refractivity contribution < 1.29 is 9.59 Å². The molecule has 0 saturated carbocycles. The maximum atomic E-state index is 12.1. The zero-order valence-electron chi connectivity index (χ0n) is 13.7. The molecule has 3 amide bonds. The quantitative estimate of drug-likeness (QED) is 0.793. The molecule has 3 N–H and O–H groups in total. The molecule has 7 nitrogen and oxygen atoms in total. The summed E-state index contributed by atoms with van der Waals surface area (Å²) in [5.41, 5.74) is 2.74. The van der Waals surface area contributed by atoms with Crippen LogP contribution in [0.2, 0.25) is 0 Å². The van der Waals surface area contributed by atoms with E-state index < -0.39 is 0 Å². The molecule has 0 radical (unpaired) electrons. The van der Waals surface area contributed by atoms with Crippen molar-refractivity contribution in [1.82, 2.24) is 15.5 Å². The first kappa shape index (κ1) is 16.4. The number of nitrogens with zero attached hydrogens (tertiary/aromatic N) is 2. The lowest BCUT2D eigenvalue weighted by atomic mass is 10.0. The second-order valence-electron chi connectivity index (χ2n) is 6.06. The Hall–Kier alpha value is -2.48. The van der Waals surface area contributed by atoms with E-state index in [1.165, 1.54) is 11.3 Å². The number of carbonyl (C=O) groups excluding carboxylic acids is 2. The van der Waals surface area contributed by atoms with E-state index in [2.05, 4.69) is 26.1 Å². The zero-order chi connectivity index (χ0) is 17.3. The van der Waals surface area contributed by atoms with Gasteiger partial charge in [0.05, 0.1) is 12.5 Å². The Bertz CT molecular complexity index is 787. The summed E-state index contributed by atoms with van der Waals surface area (Å²) in [6.45, 7) is 5.95. The Balaban J connectivity index is 1.62. The van der Waals surface area contributed by atoms with Gasteiger partial charge in [0.2, 0.25) is 11.0 Å². The maximum Gasteiger partial charge on any atom is 0.321 e. The molecule has 2 aromatic rings. The van der Waals surface area contributed by atoms with Gasteiger partial charge in [-0.3, -0.25) is 10.1 Å². The van der Waals surface area contributed by atoms with E-state index in [0.29, 0.717) is 11.6 Å². The number of hydrogen-bond acceptors (Lipinski definition) is 5. The van der Waals surface area contributed by atoms with Gasteiger partial charge < -0.3 is 10.6 Å². The number of carbonyl (C=O) groups is 2. The highest BCUT2D eigenvalue weighted by molar-refractivity contribution is 7.15. The van der Waals surface area contributed by atoms with E-state index >= 15 is 0 Å². The van der Waals surface area contributed by atoms with Gasteiger partial charge in [0, 0.05) is 11.6 Å². The van der Waals surface area contributed by atoms with Crippen LogP contribution in [0.15, 0.2) is 18.2 Å². The minimum Gasteiger partial charge on any atom is -0.331 e. The van der Waals surface area contributed by atoms with E-state index in [0.717, 1.165) is 21.8 Å². The Morgan fingerprint density at radius 2 is 2.08 bits per heavy atom. The topological polar surface area (TPSA) is 96.0 Å². The van der Waals surface area contributed by atoms with Crippen molar-refractivity contribution in [3.8, 4) is 0 Å². The van der Waals surface area contributed by atoms with Gasteiger partial charge in [0.1, 0.15) is 5.01 Å². The predicted molar refractivity (Wildman–Crippen MR) is 93.3 cm³/mol. The molecule has 0 saturated heterocycles. The molecule has 1 aliphatic heterocycles. The molecule has 1 aromatic heterocycles. The molecule has 126 valence electrons. The molecular weight excluding hydrogens is 326 g/mol. The van der Waals surface area contributed by atoms with Crippen molar-refractivity contribution in [1.29, 1.82) is 0 Å². The Morgan fingerprint density at radius 3 is 2.79 bits per heavy atom. The molecule has 0 fully saturated rings. The number of urea groups is 1. The first-order valence-electron chi connectivity index (χ1n) is 7.76. The smallest absolute Gasteiger partial charge is 0.321 e. The van der Waals surface area contributed by atoms with Crippen LogP contribution >= 0.6 is 11.3 Å². The minimum absolute atomic E-state index is 0.00210. The largest absolute Gasteiger partial charge is 0.331 e. The Labute approximate surface area is 143 Å². The summed E-state index contributed by atoms with van der Waals surface area (Å²) >= 11 is 1.37. The fourth-order valence-corrected chi connectivity index (χ4v) is 3.19. The van der Waals surface area contributed by atoms with E-state index in [4.69, 9.17) is 0 Å². The third-order valence-corrected chi connectivity index (χ3v) is 4.90. The summed E-state index contributed by atoms with van der Waals surface area (Å²) in [6.07, 6.45) is 0.380. The second kappa shape index (κ2) is 6.56. The van der Waals surface area contributed by atoms with Crippen molar-refractivity contribution in [2.45, 2.75) is 39.2 Å². The van der Waals surface area contributed by atoms with Crippen LogP contribution in [-0.2, 0) is 11.2 Å². The highest BCUT2D eigenvalue weighted by atomic mass is 32.1. The molecule has 1 unspecified atom stereocenters. The number of anilines is 2. The van der Waals surface area contributed by atoms with E-state index in [1.807, 2.05) is 39.0 Å². The predicted octanol–water partition coefficient (Wildman–Crippen LogP) is 3.04. The maximum absolute atomic E-state index is 12.1.